The lowest BCUT2D eigenvalue weighted by Crippen LogP contribution is -2.55. The third-order valence-corrected chi connectivity index (χ3v) is 4.88. The van der Waals surface area contributed by atoms with E-state index in [0.29, 0.717) is 0 Å². The zero-order chi connectivity index (χ0) is 14.0. The van der Waals surface area contributed by atoms with Gasteiger partial charge < -0.3 is 14.5 Å². The Balaban J connectivity index is 1.60. The molecule has 1 spiro atoms. The Bertz CT molecular complexity index is 438. The second kappa shape index (κ2) is 5.84. The number of imidazole rings is 1. The van der Waals surface area contributed by atoms with Crippen molar-refractivity contribution in [2.24, 2.45) is 0 Å². The minimum absolute atomic E-state index is 0.0376. The number of hydrogen-bond acceptors (Lipinski definition) is 4. The van der Waals surface area contributed by atoms with Crippen LogP contribution in [0.25, 0.3) is 0 Å². The van der Waals surface area contributed by atoms with Gasteiger partial charge in [0.15, 0.2) is 0 Å². The lowest BCUT2D eigenvalue weighted by Gasteiger charge is -2.48. The van der Waals surface area contributed by atoms with Gasteiger partial charge in [0.25, 0.3) is 0 Å². The number of likely N-dealkylation sites (tertiary alicyclic amines) is 1. The van der Waals surface area contributed by atoms with Crippen LogP contribution >= 0.6 is 0 Å². The van der Waals surface area contributed by atoms with E-state index in [1.165, 1.54) is 5.69 Å². The van der Waals surface area contributed by atoms with Gasteiger partial charge in [0.05, 0.1) is 23.7 Å². The predicted molar refractivity (Wildman–Crippen MR) is 76.5 cm³/mol. The van der Waals surface area contributed by atoms with Crippen molar-refractivity contribution in [2.75, 3.05) is 26.8 Å². The summed E-state index contributed by atoms with van der Waals surface area (Å²) < 4.78 is 11.8. The Hall–Kier alpha value is -0.910. The number of aromatic amines is 1. The first-order chi connectivity index (χ1) is 9.73. The van der Waals surface area contributed by atoms with E-state index in [-0.39, 0.29) is 11.7 Å². The van der Waals surface area contributed by atoms with Gasteiger partial charge in [0.1, 0.15) is 0 Å². The Morgan fingerprint density at radius 3 is 2.95 bits per heavy atom. The number of ether oxygens (including phenoxy) is 2. The van der Waals surface area contributed by atoms with Gasteiger partial charge >= 0.3 is 0 Å². The van der Waals surface area contributed by atoms with E-state index >= 15 is 0 Å². The Morgan fingerprint density at radius 1 is 1.50 bits per heavy atom. The van der Waals surface area contributed by atoms with Crippen molar-refractivity contribution in [1.29, 1.82) is 0 Å². The van der Waals surface area contributed by atoms with E-state index in [0.717, 1.165) is 57.6 Å². The zero-order valence-electron chi connectivity index (χ0n) is 12.5. The summed E-state index contributed by atoms with van der Waals surface area (Å²) in [5.41, 5.74) is 2.30. The molecule has 1 atom stereocenters. The molecule has 3 heterocycles. The third kappa shape index (κ3) is 2.62. The number of nitrogens with zero attached hydrogens (tertiary/aromatic N) is 2. The fraction of sp³-hybridized carbons (Fsp3) is 0.800. The maximum Gasteiger partial charge on any atom is 0.0967 e. The van der Waals surface area contributed by atoms with Crippen molar-refractivity contribution >= 4 is 0 Å². The van der Waals surface area contributed by atoms with E-state index in [1.807, 2.05) is 7.11 Å². The normalized spacial score (nSPS) is 27.0. The van der Waals surface area contributed by atoms with Crippen LogP contribution in [0.3, 0.4) is 0 Å². The van der Waals surface area contributed by atoms with Gasteiger partial charge in [0.2, 0.25) is 0 Å². The highest BCUT2D eigenvalue weighted by Crippen LogP contribution is 2.37. The van der Waals surface area contributed by atoms with Crippen molar-refractivity contribution in [3.05, 3.63) is 17.7 Å². The van der Waals surface area contributed by atoms with Gasteiger partial charge in [0, 0.05) is 39.0 Å². The number of rotatable bonds is 3. The standard InChI is InChI=1S/C15H25N3O2/c1-12-13(17-11-16-12)10-18-7-5-15(6-8-18)14(19-2)4-3-9-20-15/h11,14H,3-10H2,1-2H3,(H,16,17)/t14-/m0/s1. The molecular formula is C15H25N3O2. The second-order valence-electron chi connectivity index (χ2n) is 6.03. The quantitative estimate of drug-likeness (QED) is 0.918. The minimum Gasteiger partial charge on any atom is -0.378 e. The summed E-state index contributed by atoms with van der Waals surface area (Å²) in [5.74, 6) is 0. The smallest absolute Gasteiger partial charge is 0.0967 e. The molecule has 1 N–H and O–H groups in total. The fourth-order valence-corrected chi connectivity index (χ4v) is 3.55. The van der Waals surface area contributed by atoms with Gasteiger partial charge in [-0.1, -0.05) is 0 Å². The Morgan fingerprint density at radius 2 is 2.30 bits per heavy atom. The lowest BCUT2D eigenvalue weighted by atomic mass is 9.82. The molecule has 2 aliphatic rings. The summed E-state index contributed by atoms with van der Waals surface area (Å²) in [6, 6.07) is 0. The monoisotopic (exact) mass is 279 g/mol. The summed E-state index contributed by atoms with van der Waals surface area (Å²) >= 11 is 0. The molecule has 5 heteroatoms. The molecule has 0 radical (unpaired) electrons. The maximum atomic E-state index is 6.14. The summed E-state index contributed by atoms with van der Waals surface area (Å²) in [6.07, 6.45) is 6.43. The van der Waals surface area contributed by atoms with Crippen molar-refractivity contribution in [3.8, 4) is 0 Å². The Labute approximate surface area is 120 Å². The van der Waals surface area contributed by atoms with Crippen LogP contribution in [-0.2, 0) is 16.0 Å². The highest BCUT2D eigenvalue weighted by Gasteiger charge is 2.44. The predicted octanol–water partition coefficient (Wildman–Crippen LogP) is 1.88. The summed E-state index contributed by atoms with van der Waals surface area (Å²) in [5, 5.41) is 0. The van der Waals surface area contributed by atoms with E-state index in [9.17, 15) is 0 Å². The largest absolute Gasteiger partial charge is 0.378 e. The molecule has 0 aliphatic carbocycles. The lowest BCUT2D eigenvalue weighted by molar-refractivity contribution is -0.186. The zero-order valence-corrected chi connectivity index (χ0v) is 12.5. The first kappa shape index (κ1) is 14.0. The van der Waals surface area contributed by atoms with Crippen molar-refractivity contribution in [3.63, 3.8) is 0 Å². The van der Waals surface area contributed by atoms with Crippen molar-refractivity contribution in [1.82, 2.24) is 14.9 Å². The van der Waals surface area contributed by atoms with Crippen LogP contribution in [0.15, 0.2) is 6.33 Å². The van der Waals surface area contributed by atoms with Crippen LogP contribution < -0.4 is 0 Å². The van der Waals surface area contributed by atoms with E-state index in [4.69, 9.17) is 9.47 Å². The molecule has 0 bridgehead atoms. The summed E-state index contributed by atoms with van der Waals surface area (Å²) in [6.45, 7) is 6.03. The van der Waals surface area contributed by atoms with E-state index in [2.05, 4.69) is 21.8 Å². The number of piperidine rings is 1. The molecule has 3 rings (SSSR count). The molecule has 0 amide bonds. The topological polar surface area (TPSA) is 50.4 Å². The number of aryl methyl sites for hydroxylation is 1. The maximum absolute atomic E-state index is 6.14. The number of H-pyrrole nitrogens is 1. The average Bonchev–Trinajstić information content (AvgIpc) is 2.87. The third-order valence-electron chi connectivity index (χ3n) is 4.88. The van der Waals surface area contributed by atoms with Crippen molar-refractivity contribution < 1.29 is 9.47 Å². The molecule has 5 nitrogen and oxygen atoms in total. The number of methoxy groups -OCH3 is 1. The fourth-order valence-electron chi connectivity index (χ4n) is 3.55. The van der Waals surface area contributed by atoms with Crippen LogP contribution in [0.5, 0.6) is 0 Å². The molecule has 1 aromatic heterocycles. The average molecular weight is 279 g/mol. The van der Waals surface area contributed by atoms with Crippen molar-refractivity contribution in [2.45, 2.75) is 50.9 Å². The summed E-state index contributed by atoms with van der Waals surface area (Å²) in [7, 11) is 1.82. The highest BCUT2D eigenvalue weighted by molar-refractivity contribution is 5.09. The number of nitrogens with one attached hydrogen (secondary N) is 1. The first-order valence-electron chi connectivity index (χ1n) is 7.61. The van der Waals surface area contributed by atoms with Crippen LogP contribution in [0.1, 0.15) is 37.1 Å². The molecule has 0 saturated carbocycles. The second-order valence-corrected chi connectivity index (χ2v) is 6.03. The molecule has 0 aromatic carbocycles. The van der Waals surface area contributed by atoms with Crippen LogP contribution in [-0.4, -0.2) is 53.4 Å². The molecular weight excluding hydrogens is 254 g/mol. The van der Waals surface area contributed by atoms with Gasteiger partial charge in [-0.25, -0.2) is 4.98 Å². The van der Waals surface area contributed by atoms with Crippen LogP contribution in [0.4, 0.5) is 0 Å². The summed E-state index contributed by atoms with van der Waals surface area (Å²) in [4.78, 5) is 10.0. The number of hydrogen-bond donors (Lipinski definition) is 1. The molecule has 2 aliphatic heterocycles. The molecule has 20 heavy (non-hydrogen) atoms. The minimum atomic E-state index is -0.0376. The molecule has 112 valence electrons. The van der Waals surface area contributed by atoms with Gasteiger partial charge in [-0.3, -0.25) is 4.90 Å². The molecule has 1 aromatic rings. The van der Waals surface area contributed by atoms with Gasteiger partial charge in [-0.15, -0.1) is 0 Å². The van der Waals surface area contributed by atoms with E-state index < -0.39 is 0 Å². The molecule has 2 fully saturated rings. The van der Waals surface area contributed by atoms with Gasteiger partial charge in [-0.05, 0) is 32.6 Å². The Kier molecular flexibility index (Phi) is 4.10. The SMILES string of the molecule is CO[C@H]1CCCOC12CCN(Cc1nc[nH]c1C)CC2. The highest BCUT2D eigenvalue weighted by atomic mass is 16.5. The number of aromatic nitrogens is 2. The molecule has 2 saturated heterocycles. The van der Waals surface area contributed by atoms with Crippen LogP contribution in [0.2, 0.25) is 0 Å². The molecule has 0 unspecified atom stereocenters. The van der Waals surface area contributed by atoms with Gasteiger partial charge in [-0.2, -0.15) is 0 Å². The van der Waals surface area contributed by atoms with E-state index in [1.54, 1.807) is 6.33 Å². The first-order valence-corrected chi connectivity index (χ1v) is 7.61. The van der Waals surface area contributed by atoms with Crippen LogP contribution in [0, 0.1) is 6.92 Å².